The average Bonchev–Trinajstić information content (AvgIpc) is 3.06. The maximum atomic E-state index is 12.3. The van der Waals surface area contributed by atoms with E-state index in [2.05, 4.69) is 4.98 Å². The van der Waals surface area contributed by atoms with Crippen LogP contribution in [0.25, 0.3) is 0 Å². The Kier molecular flexibility index (Phi) is 3.81. The van der Waals surface area contributed by atoms with Crippen molar-refractivity contribution < 1.29 is 14.3 Å². The Hall–Kier alpha value is -0.980. The summed E-state index contributed by atoms with van der Waals surface area (Å²) in [5, 5.41) is 0.999. The third-order valence-electron chi connectivity index (χ3n) is 3.56. The lowest BCUT2D eigenvalue weighted by Crippen LogP contribution is -2.41. The summed E-state index contributed by atoms with van der Waals surface area (Å²) in [6, 6.07) is 0. The minimum Gasteiger partial charge on any atom is -0.378 e. The maximum Gasteiger partial charge on any atom is 0.252 e. The van der Waals surface area contributed by atoms with E-state index in [0.717, 1.165) is 36.5 Å². The van der Waals surface area contributed by atoms with Crippen molar-refractivity contribution in [2.45, 2.75) is 38.5 Å². The van der Waals surface area contributed by atoms with Crippen LogP contribution >= 0.6 is 11.3 Å². The molecule has 0 unspecified atom stereocenters. The van der Waals surface area contributed by atoms with E-state index in [1.54, 1.807) is 18.4 Å². The van der Waals surface area contributed by atoms with Crippen molar-refractivity contribution in [1.82, 2.24) is 9.88 Å². The first-order valence-corrected chi connectivity index (χ1v) is 7.46. The second kappa shape index (κ2) is 5.56. The third kappa shape index (κ3) is 2.66. The lowest BCUT2D eigenvalue weighted by Gasteiger charge is -2.28. The van der Waals surface area contributed by atoms with Crippen molar-refractivity contribution in [3.63, 3.8) is 0 Å². The van der Waals surface area contributed by atoms with Crippen LogP contribution in [0.3, 0.4) is 0 Å². The van der Waals surface area contributed by atoms with E-state index in [0.29, 0.717) is 19.8 Å². The number of carbonyl (C=O) groups is 1. The molecule has 0 N–H and O–H groups in total. The zero-order chi connectivity index (χ0) is 13.2. The van der Waals surface area contributed by atoms with Crippen LogP contribution in [0.4, 0.5) is 0 Å². The zero-order valence-electron chi connectivity index (χ0n) is 11.1. The van der Waals surface area contributed by atoms with E-state index in [-0.39, 0.29) is 12.0 Å². The van der Waals surface area contributed by atoms with Gasteiger partial charge in [-0.2, -0.15) is 0 Å². The number of carbonyl (C=O) groups excluding carboxylic acids is 1. The summed E-state index contributed by atoms with van der Waals surface area (Å²) in [6.45, 7) is 2.70. The van der Waals surface area contributed by atoms with E-state index in [1.165, 1.54) is 4.88 Å². The highest BCUT2D eigenvalue weighted by Crippen LogP contribution is 2.27. The van der Waals surface area contributed by atoms with Gasteiger partial charge in [0.15, 0.2) is 0 Å². The van der Waals surface area contributed by atoms with Crippen molar-refractivity contribution in [1.29, 1.82) is 0 Å². The highest BCUT2D eigenvalue weighted by molar-refractivity contribution is 7.11. The summed E-state index contributed by atoms with van der Waals surface area (Å²) in [7, 11) is 1.67. The van der Waals surface area contributed by atoms with Gasteiger partial charge in [0, 0.05) is 31.6 Å². The second-order valence-electron chi connectivity index (χ2n) is 4.92. The van der Waals surface area contributed by atoms with Gasteiger partial charge in [-0.25, -0.2) is 4.98 Å². The molecule has 0 spiro atoms. The first kappa shape index (κ1) is 13.0. The van der Waals surface area contributed by atoms with Gasteiger partial charge in [-0.15, -0.1) is 11.3 Å². The lowest BCUT2D eigenvalue weighted by molar-refractivity contribution is -0.141. The molecule has 6 heteroatoms. The van der Waals surface area contributed by atoms with Crippen LogP contribution in [-0.2, 0) is 33.8 Å². The van der Waals surface area contributed by atoms with Crippen molar-refractivity contribution in [2.75, 3.05) is 20.3 Å². The fraction of sp³-hybridized carbons (Fsp3) is 0.692. The quantitative estimate of drug-likeness (QED) is 0.840. The Morgan fingerprint density at radius 2 is 2.53 bits per heavy atom. The van der Waals surface area contributed by atoms with Gasteiger partial charge >= 0.3 is 0 Å². The molecule has 3 rings (SSSR count). The molecule has 1 atom stereocenters. The first-order chi connectivity index (χ1) is 9.28. The molecule has 0 aliphatic carbocycles. The Labute approximate surface area is 116 Å². The van der Waals surface area contributed by atoms with Gasteiger partial charge < -0.3 is 14.4 Å². The minimum atomic E-state index is -0.215. The number of aromatic nitrogens is 1. The molecule has 0 aromatic carbocycles. The van der Waals surface area contributed by atoms with Gasteiger partial charge in [-0.05, 0) is 12.8 Å². The standard InChI is InChI=1S/C13H18N2O3S/c1-17-8-12-14-9-4-5-15(7-11(9)19-12)13(16)10-3-2-6-18-10/h10H,2-8H2,1H3/t10-/m1/s1. The number of amides is 1. The van der Waals surface area contributed by atoms with Crippen LogP contribution in [0.1, 0.15) is 28.4 Å². The van der Waals surface area contributed by atoms with Crippen molar-refractivity contribution >= 4 is 17.2 Å². The molecule has 104 valence electrons. The van der Waals surface area contributed by atoms with Gasteiger partial charge in [0.2, 0.25) is 0 Å². The first-order valence-electron chi connectivity index (χ1n) is 6.64. The number of nitrogens with zero attached hydrogens (tertiary/aromatic N) is 2. The average molecular weight is 282 g/mol. The van der Waals surface area contributed by atoms with Crippen LogP contribution in [0, 0.1) is 0 Å². The molecule has 0 radical (unpaired) electrons. The van der Waals surface area contributed by atoms with E-state index >= 15 is 0 Å². The Morgan fingerprint density at radius 1 is 1.63 bits per heavy atom. The summed E-state index contributed by atoms with van der Waals surface area (Å²) >= 11 is 1.65. The molecule has 2 aliphatic rings. The highest BCUT2D eigenvalue weighted by Gasteiger charge is 2.31. The second-order valence-corrected chi connectivity index (χ2v) is 6.09. The monoisotopic (exact) mass is 282 g/mol. The summed E-state index contributed by atoms with van der Waals surface area (Å²) in [5.74, 6) is 0.143. The van der Waals surface area contributed by atoms with E-state index < -0.39 is 0 Å². The number of rotatable bonds is 3. The van der Waals surface area contributed by atoms with E-state index in [9.17, 15) is 4.79 Å². The molecule has 1 aromatic rings. The number of ether oxygens (including phenoxy) is 2. The molecule has 1 saturated heterocycles. The SMILES string of the molecule is COCc1nc2c(s1)CN(C(=O)[C@H]1CCCO1)CC2. The van der Waals surface area contributed by atoms with E-state index in [4.69, 9.17) is 9.47 Å². The minimum absolute atomic E-state index is 0.143. The van der Waals surface area contributed by atoms with Crippen molar-refractivity contribution in [2.24, 2.45) is 0 Å². The fourth-order valence-corrected chi connectivity index (χ4v) is 3.70. The number of hydrogen-bond donors (Lipinski definition) is 0. The lowest BCUT2D eigenvalue weighted by atomic mass is 10.1. The van der Waals surface area contributed by atoms with Crippen LogP contribution in [0.2, 0.25) is 0 Å². The molecule has 5 nitrogen and oxygen atoms in total. The van der Waals surface area contributed by atoms with Gasteiger partial charge in [0.05, 0.1) is 18.8 Å². The molecule has 19 heavy (non-hydrogen) atoms. The van der Waals surface area contributed by atoms with Crippen molar-refractivity contribution in [3.05, 3.63) is 15.6 Å². The van der Waals surface area contributed by atoms with Gasteiger partial charge in [0.25, 0.3) is 5.91 Å². The number of fused-ring (bicyclic) bond motifs is 1. The summed E-state index contributed by atoms with van der Waals surface area (Å²) in [5.41, 5.74) is 1.13. The summed E-state index contributed by atoms with van der Waals surface area (Å²) in [4.78, 5) is 20.0. The molecule has 1 fully saturated rings. The maximum absolute atomic E-state index is 12.3. The zero-order valence-corrected chi connectivity index (χ0v) is 11.9. The van der Waals surface area contributed by atoms with Gasteiger partial charge in [-0.1, -0.05) is 0 Å². The molecule has 2 aliphatic heterocycles. The Bertz CT molecular complexity index is 468. The predicted octanol–water partition coefficient (Wildman–Crippen LogP) is 1.35. The van der Waals surface area contributed by atoms with Crippen LogP contribution in [0.5, 0.6) is 0 Å². The number of methoxy groups -OCH3 is 1. The van der Waals surface area contributed by atoms with Crippen LogP contribution in [-0.4, -0.2) is 42.2 Å². The molecule has 3 heterocycles. The fourth-order valence-electron chi connectivity index (χ4n) is 2.60. The summed E-state index contributed by atoms with van der Waals surface area (Å²) in [6.07, 6.45) is 2.48. The molecular weight excluding hydrogens is 264 g/mol. The number of hydrogen-bond acceptors (Lipinski definition) is 5. The van der Waals surface area contributed by atoms with Crippen molar-refractivity contribution in [3.8, 4) is 0 Å². The van der Waals surface area contributed by atoms with Crippen LogP contribution < -0.4 is 0 Å². The topological polar surface area (TPSA) is 51.7 Å². The number of thiazole rings is 1. The largest absolute Gasteiger partial charge is 0.378 e. The molecule has 0 saturated carbocycles. The van der Waals surface area contributed by atoms with E-state index in [1.807, 2.05) is 4.90 Å². The Balaban J connectivity index is 1.69. The highest BCUT2D eigenvalue weighted by atomic mass is 32.1. The third-order valence-corrected chi connectivity index (χ3v) is 4.62. The van der Waals surface area contributed by atoms with Gasteiger partial charge in [0.1, 0.15) is 11.1 Å². The molecule has 1 aromatic heterocycles. The van der Waals surface area contributed by atoms with Gasteiger partial charge in [-0.3, -0.25) is 4.79 Å². The molecular formula is C13H18N2O3S. The summed E-state index contributed by atoms with van der Waals surface area (Å²) < 4.78 is 10.6. The molecule has 0 bridgehead atoms. The predicted molar refractivity (Wildman–Crippen MR) is 70.9 cm³/mol. The Morgan fingerprint density at radius 3 is 3.26 bits per heavy atom. The smallest absolute Gasteiger partial charge is 0.252 e. The molecule has 1 amide bonds. The van der Waals surface area contributed by atoms with Crippen LogP contribution in [0.15, 0.2) is 0 Å². The normalized spacial score (nSPS) is 22.6.